The lowest BCUT2D eigenvalue weighted by Gasteiger charge is -2.02. The normalized spacial score (nSPS) is 9.79. The van der Waals surface area contributed by atoms with Gasteiger partial charge in [-0.15, -0.1) is 0 Å². The molecular formula is C22H24O2. The Morgan fingerprint density at radius 3 is 1.83 bits per heavy atom. The molecule has 0 aromatic heterocycles. The summed E-state index contributed by atoms with van der Waals surface area (Å²) in [7, 11) is 1.59. The minimum Gasteiger partial charge on any atom is -0.497 e. The molecule has 24 heavy (non-hydrogen) atoms. The number of carbonyl (C=O) groups is 1. The van der Waals surface area contributed by atoms with Crippen molar-refractivity contribution in [3.63, 3.8) is 0 Å². The first-order chi connectivity index (χ1) is 11.5. The van der Waals surface area contributed by atoms with Crippen LogP contribution in [0.5, 0.6) is 0 Å². The second-order valence-corrected chi connectivity index (χ2v) is 5.46. The number of rotatable bonds is 5. The van der Waals surface area contributed by atoms with Gasteiger partial charge < -0.3 is 4.74 Å². The van der Waals surface area contributed by atoms with Crippen molar-refractivity contribution < 1.29 is 9.53 Å². The van der Waals surface area contributed by atoms with Crippen molar-refractivity contribution in [2.75, 3.05) is 7.11 Å². The molecular weight excluding hydrogens is 296 g/mol. The Balaban J connectivity index is 0.000000277. The third kappa shape index (κ3) is 6.93. The van der Waals surface area contributed by atoms with Crippen LogP contribution in [0.4, 0.5) is 0 Å². The summed E-state index contributed by atoms with van der Waals surface area (Å²) in [5.41, 5.74) is 5.28. The van der Waals surface area contributed by atoms with Gasteiger partial charge in [-0.2, -0.15) is 0 Å². The Hall–Kier alpha value is -2.87. The molecule has 2 nitrogen and oxygen atoms in total. The number of ether oxygens (including phenoxy) is 1. The highest BCUT2D eigenvalue weighted by molar-refractivity contribution is 5.76. The Bertz CT molecular complexity index is 705. The average molecular weight is 320 g/mol. The van der Waals surface area contributed by atoms with E-state index >= 15 is 0 Å². The molecule has 2 rings (SSSR count). The maximum Gasteiger partial charge on any atom is 0.150 e. The molecule has 0 fully saturated rings. The molecule has 0 N–H and O–H groups in total. The second-order valence-electron chi connectivity index (χ2n) is 5.46. The van der Waals surface area contributed by atoms with Crippen LogP contribution in [-0.4, -0.2) is 13.4 Å². The number of hydrogen-bond acceptors (Lipinski definition) is 2. The first-order valence-electron chi connectivity index (χ1n) is 7.65. The van der Waals surface area contributed by atoms with Gasteiger partial charge in [0.25, 0.3) is 0 Å². The Labute approximate surface area is 144 Å². The quantitative estimate of drug-likeness (QED) is 0.398. The van der Waals surface area contributed by atoms with E-state index in [1.165, 1.54) is 11.1 Å². The first kappa shape index (κ1) is 19.2. The maximum atomic E-state index is 10.5. The Morgan fingerprint density at radius 1 is 0.917 bits per heavy atom. The van der Waals surface area contributed by atoms with E-state index in [4.69, 9.17) is 4.74 Å². The predicted molar refractivity (Wildman–Crippen MR) is 102 cm³/mol. The molecule has 0 unspecified atom stereocenters. The molecule has 0 aliphatic heterocycles. The fourth-order valence-corrected chi connectivity index (χ4v) is 1.80. The SMILES string of the molecule is C=C(C)/C=C\C(=C)OC.Cc1ccc(-c2ccc(C=O)cc2)cc1. The number of allylic oxidation sites excluding steroid dienone is 3. The van der Waals surface area contributed by atoms with Gasteiger partial charge in [0.05, 0.1) is 7.11 Å². The van der Waals surface area contributed by atoms with Crippen molar-refractivity contribution in [1.82, 2.24) is 0 Å². The van der Waals surface area contributed by atoms with E-state index in [2.05, 4.69) is 44.3 Å². The van der Waals surface area contributed by atoms with E-state index in [0.717, 1.165) is 17.4 Å². The molecule has 0 aliphatic carbocycles. The minimum atomic E-state index is 0.651. The van der Waals surface area contributed by atoms with Gasteiger partial charge in [-0.25, -0.2) is 0 Å². The second kappa shape index (κ2) is 10.0. The van der Waals surface area contributed by atoms with Crippen LogP contribution in [0.3, 0.4) is 0 Å². The monoisotopic (exact) mass is 320 g/mol. The topological polar surface area (TPSA) is 26.3 Å². The fourth-order valence-electron chi connectivity index (χ4n) is 1.80. The third-order valence-electron chi connectivity index (χ3n) is 3.25. The van der Waals surface area contributed by atoms with E-state index in [9.17, 15) is 4.79 Å². The molecule has 0 aliphatic rings. The van der Waals surface area contributed by atoms with E-state index in [0.29, 0.717) is 11.3 Å². The molecule has 0 spiro atoms. The van der Waals surface area contributed by atoms with Crippen molar-refractivity contribution in [3.8, 4) is 11.1 Å². The summed E-state index contributed by atoms with van der Waals surface area (Å²) in [6.45, 7) is 11.3. The van der Waals surface area contributed by atoms with Gasteiger partial charge in [-0.1, -0.05) is 78.9 Å². The van der Waals surface area contributed by atoms with Crippen molar-refractivity contribution in [3.05, 3.63) is 96.3 Å². The molecule has 0 bridgehead atoms. The Morgan fingerprint density at radius 2 is 1.42 bits per heavy atom. The zero-order chi connectivity index (χ0) is 17.9. The van der Waals surface area contributed by atoms with Crippen molar-refractivity contribution in [1.29, 1.82) is 0 Å². The van der Waals surface area contributed by atoms with Crippen molar-refractivity contribution >= 4 is 6.29 Å². The Kier molecular flexibility index (Phi) is 8.00. The van der Waals surface area contributed by atoms with Gasteiger partial charge in [-0.05, 0) is 31.1 Å². The van der Waals surface area contributed by atoms with E-state index in [1.807, 2.05) is 37.3 Å². The highest BCUT2D eigenvalue weighted by Crippen LogP contribution is 2.19. The number of aryl methyl sites for hydroxylation is 1. The lowest BCUT2D eigenvalue weighted by Crippen LogP contribution is -1.81. The van der Waals surface area contributed by atoms with Crippen molar-refractivity contribution in [2.45, 2.75) is 13.8 Å². The summed E-state index contributed by atoms with van der Waals surface area (Å²) in [6, 6.07) is 16.0. The van der Waals surface area contributed by atoms with Crippen LogP contribution in [0.2, 0.25) is 0 Å². The first-order valence-corrected chi connectivity index (χ1v) is 7.65. The molecule has 0 saturated carbocycles. The summed E-state index contributed by atoms with van der Waals surface area (Å²) in [5.74, 6) is 0.651. The molecule has 0 heterocycles. The summed E-state index contributed by atoms with van der Waals surface area (Å²) < 4.78 is 4.78. The molecule has 124 valence electrons. The van der Waals surface area contributed by atoms with E-state index < -0.39 is 0 Å². The molecule has 0 radical (unpaired) electrons. The molecule has 0 atom stereocenters. The largest absolute Gasteiger partial charge is 0.497 e. The zero-order valence-electron chi connectivity index (χ0n) is 14.6. The molecule has 2 aromatic carbocycles. The maximum absolute atomic E-state index is 10.5. The van der Waals surface area contributed by atoms with Gasteiger partial charge in [0.1, 0.15) is 12.0 Å². The van der Waals surface area contributed by atoms with Crippen LogP contribution in [0.1, 0.15) is 22.8 Å². The fraction of sp³-hybridized carbons (Fsp3) is 0.136. The predicted octanol–water partition coefficient (Wildman–Crippen LogP) is 5.75. The molecule has 2 aromatic rings. The third-order valence-corrected chi connectivity index (χ3v) is 3.25. The summed E-state index contributed by atoms with van der Waals surface area (Å²) in [6.07, 6.45) is 4.49. The molecule has 0 amide bonds. The van der Waals surface area contributed by atoms with Gasteiger partial charge in [0.2, 0.25) is 0 Å². The number of methoxy groups -OCH3 is 1. The molecule has 0 saturated heterocycles. The zero-order valence-corrected chi connectivity index (χ0v) is 14.6. The van der Waals surface area contributed by atoms with Crippen LogP contribution in [0, 0.1) is 6.92 Å². The molecule has 2 heteroatoms. The highest BCUT2D eigenvalue weighted by atomic mass is 16.5. The van der Waals surface area contributed by atoms with Crippen molar-refractivity contribution in [2.24, 2.45) is 0 Å². The van der Waals surface area contributed by atoms with E-state index in [-0.39, 0.29) is 0 Å². The number of benzene rings is 2. The lowest BCUT2D eigenvalue weighted by molar-refractivity contribution is 0.112. The number of aldehydes is 1. The van der Waals surface area contributed by atoms with Crippen LogP contribution < -0.4 is 0 Å². The van der Waals surface area contributed by atoms with Gasteiger partial charge >= 0.3 is 0 Å². The summed E-state index contributed by atoms with van der Waals surface area (Å²) in [5, 5.41) is 0. The van der Waals surface area contributed by atoms with Gasteiger partial charge in [-0.3, -0.25) is 4.79 Å². The average Bonchev–Trinajstić information content (AvgIpc) is 2.61. The van der Waals surface area contributed by atoms with Gasteiger partial charge in [0, 0.05) is 5.56 Å². The smallest absolute Gasteiger partial charge is 0.150 e. The van der Waals surface area contributed by atoms with Crippen LogP contribution in [0.25, 0.3) is 11.1 Å². The number of carbonyl (C=O) groups excluding carboxylic acids is 1. The minimum absolute atomic E-state index is 0.651. The van der Waals surface area contributed by atoms with Crippen LogP contribution in [-0.2, 0) is 4.74 Å². The van der Waals surface area contributed by atoms with Crippen LogP contribution in [0.15, 0.2) is 85.2 Å². The number of hydrogen-bond donors (Lipinski definition) is 0. The highest BCUT2D eigenvalue weighted by Gasteiger charge is 1.96. The lowest BCUT2D eigenvalue weighted by atomic mass is 10.0. The summed E-state index contributed by atoms with van der Waals surface area (Å²) >= 11 is 0. The standard InChI is InChI=1S/C14H12O.C8H12O/c1-11-2-6-13(7-3-11)14-8-4-12(10-15)5-9-14;1-7(2)5-6-8(3)9-4/h2-10H,1H3;5-6H,1,3H2,2,4H3/b;6-5-. The van der Waals surface area contributed by atoms with E-state index in [1.54, 1.807) is 13.2 Å². The van der Waals surface area contributed by atoms with Crippen LogP contribution >= 0.6 is 0 Å². The summed E-state index contributed by atoms with van der Waals surface area (Å²) in [4.78, 5) is 10.5. The van der Waals surface area contributed by atoms with Gasteiger partial charge in [0.15, 0.2) is 0 Å².